The van der Waals surface area contributed by atoms with Crippen molar-refractivity contribution in [2.75, 3.05) is 12.4 Å². The molecule has 7 nitrogen and oxygen atoms in total. The zero-order chi connectivity index (χ0) is 26.2. The molecule has 0 aliphatic rings. The van der Waals surface area contributed by atoms with Crippen LogP contribution in [0.25, 0.3) is 0 Å². The second-order valence-corrected chi connectivity index (χ2v) is 9.97. The Morgan fingerprint density at radius 1 is 1.03 bits per heavy atom. The Bertz CT molecular complexity index is 1320. The first-order valence-electron chi connectivity index (χ1n) is 10.2. The smallest absolute Gasteiger partial charge is 0.249 e. The zero-order valence-electron chi connectivity index (χ0n) is 18.6. The molecule has 0 aliphatic heterocycles. The Hall–Kier alpha value is -2.24. The summed E-state index contributed by atoms with van der Waals surface area (Å²) < 4.78 is 12.1. The Morgan fingerprint density at radius 3 is 2.53 bits per heavy atom. The summed E-state index contributed by atoms with van der Waals surface area (Å²) >= 11 is 26.2. The molecule has 0 fully saturated rings. The van der Waals surface area contributed by atoms with Crippen LogP contribution < -0.4 is 20.2 Å². The molecule has 0 saturated carbocycles. The minimum Gasteiger partial charge on any atom is -0.493 e. The molecule has 0 aromatic heterocycles. The highest BCUT2D eigenvalue weighted by atomic mass is 127. The fraction of sp³-hybridized carbons (Fsp3) is 0.125. The third kappa shape index (κ3) is 7.88. The highest BCUT2D eigenvalue weighted by Crippen LogP contribution is 2.35. The van der Waals surface area contributed by atoms with E-state index in [1.54, 1.807) is 48.5 Å². The first-order valence-corrected chi connectivity index (χ1v) is 12.8. The van der Waals surface area contributed by atoms with Crippen molar-refractivity contribution < 1.29 is 19.1 Å². The lowest BCUT2D eigenvalue weighted by Crippen LogP contribution is -2.24. The van der Waals surface area contributed by atoms with Gasteiger partial charge in [-0.3, -0.25) is 9.59 Å². The fourth-order valence-electron chi connectivity index (χ4n) is 2.90. The van der Waals surface area contributed by atoms with Gasteiger partial charge in [0.25, 0.3) is 0 Å². The summed E-state index contributed by atoms with van der Waals surface area (Å²) in [6.45, 7) is 0.217. The molecule has 2 N–H and O–H groups in total. The molecule has 36 heavy (non-hydrogen) atoms. The summed E-state index contributed by atoms with van der Waals surface area (Å²) in [6.07, 6.45) is 0.967. The van der Waals surface area contributed by atoms with Crippen molar-refractivity contribution in [3.8, 4) is 11.5 Å². The Balaban J connectivity index is 1.59. The predicted molar refractivity (Wildman–Crippen MR) is 152 cm³/mol. The number of benzene rings is 3. The third-order valence-electron chi connectivity index (χ3n) is 4.59. The molecular weight excluding hydrogens is 663 g/mol. The molecule has 0 radical (unpaired) electrons. The van der Waals surface area contributed by atoms with Crippen molar-refractivity contribution in [1.82, 2.24) is 5.43 Å². The zero-order valence-corrected chi connectivity index (χ0v) is 23.8. The second-order valence-electron chi connectivity index (χ2n) is 7.18. The van der Waals surface area contributed by atoms with Gasteiger partial charge >= 0.3 is 0 Å². The molecule has 0 aliphatic carbocycles. The number of amides is 2. The van der Waals surface area contributed by atoms with E-state index < -0.39 is 18.2 Å². The van der Waals surface area contributed by atoms with Crippen LogP contribution in [0, 0.1) is 3.57 Å². The van der Waals surface area contributed by atoms with Crippen LogP contribution in [-0.2, 0) is 16.2 Å². The van der Waals surface area contributed by atoms with Gasteiger partial charge in [0.1, 0.15) is 13.0 Å². The number of rotatable bonds is 9. The molecule has 0 saturated heterocycles. The van der Waals surface area contributed by atoms with E-state index >= 15 is 0 Å². The van der Waals surface area contributed by atoms with E-state index in [0.717, 1.165) is 9.13 Å². The Kier molecular flexibility index (Phi) is 10.5. The SMILES string of the molecule is COc1cc(C=NNC(=O)CC(=O)Nc2cccc(Cl)c2Cl)cc(I)c1OCc1ccc(Cl)cc1Cl. The molecule has 188 valence electrons. The number of ether oxygens (including phenoxy) is 2. The number of hydrogen-bond acceptors (Lipinski definition) is 5. The topological polar surface area (TPSA) is 89.0 Å². The minimum atomic E-state index is -0.608. The number of hydrogen-bond donors (Lipinski definition) is 2. The minimum absolute atomic E-state index is 0.193. The van der Waals surface area contributed by atoms with E-state index in [4.69, 9.17) is 55.9 Å². The largest absolute Gasteiger partial charge is 0.493 e. The molecule has 0 unspecified atom stereocenters. The lowest BCUT2D eigenvalue weighted by atomic mass is 10.2. The monoisotopic (exact) mass is 679 g/mol. The van der Waals surface area contributed by atoms with Gasteiger partial charge in [-0.2, -0.15) is 5.10 Å². The van der Waals surface area contributed by atoms with Crippen molar-refractivity contribution in [1.29, 1.82) is 0 Å². The van der Waals surface area contributed by atoms with Crippen LogP contribution in [0.3, 0.4) is 0 Å². The molecule has 12 heteroatoms. The standard InChI is InChI=1S/C24H18Cl4IN3O4/c1-35-20-8-13(7-18(29)24(20)36-12-14-5-6-15(25)9-17(14)27)11-30-32-22(34)10-21(33)31-19-4-2-3-16(26)23(19)28/h2-9,11H,10,12H2,1H3,(H,31,33)(H,32,34). The van der Waals surface area contributed by atoms with Crippen molar-refractivity contribution in [2.24, 2.45) is 5.10 Å². The van der Waals surface area contributed by atoms with Gasteiger partial charge in [-0.05, 0) is 64.6 Å². The van der Waals surface area contributed by atoms with Crippen LogP contribution in [0.2, 0.25) is 20.1 Å². The molecule has 0 atom stereocenters. The highest BCUT2D eigenvalue weighted by molar-refractivity contribution is 14.1. The van der Waals surface area contributed by atoms with Crippen LogP contribution in [0.5, 0.6) is 11.5 Å². The maximum Gasteiger partial charge on any atom is 0.249 e. The molecule has 3 aromatic carbocycles. The van der Waals surface area contributed by atoms with E-state index in [-0.39, 0.29) is 11.6 Å². The van der Waals surface area contributed by atoms with Crippen LogP contribution in [0.15, 0.2) is 53.6 Å². The van der Waals surface area contributed by atoms with Crippen LogP contribution in [0.1, 0.15) is 17.5 Å². The van der Waals surface area contributed by atoms with Gasteiger partial charge in [-0.1, -0.05) is 58.5 Å². The van der Waals surface area contributed by atoms with Gasteiger partial charge in [-0.15, -0.1) is 0 Å². The summed E-state index contributed by atoms with van der Waals surface area (Å²) in [5, 5.41) is 7.97. The van der Waals surface area contributed by atoms with E-state index in [2.05, 4.69) is 38.4 Å². The quantitative estimate of drug-likeness (QED) is 0.111. The first kappa shape index (κ1) is 28.3. The van der Waals surface area contributed by atoms with Gasteiger partial charge in [0, 0.05) is 15.6 Å². The average molecular weight is 681 g/mol. The van der Waals surface area contributed by atoms with E-state index in [1.165, 1.54) is 13.3 Å². The second kappa shape index (κ2) is 13.3. The number of carbonyl (C=O) groups excluding carboxylic acids is 2. The summed E-state index contributed by atoms with van der Waals surface area (Å²) in [5.74, 6) is -0.173. The van der Waals surface area contributed by atoms with E-state index in [0.29, 0.717) is 37.8 Å². The van der Waals surface area contributed by atoms with Crippen molar-refractivity contribution >= 4 is 92.7 Å². The number of methoxy groups -OCH3 is 1. The van der Waals surface area contributed by atoms with E-state index in [9.17, 15) is 9.59 Å². The molecule has 2 amide bonds. The van der Waals surface area contributed by atoms with Gasteiger partial charge in [0.15, 0.2) is 11.5 Å². The van der Waals surface area contributed by atoms with Gasteiger partial charge in [-0.25, -0.2) is 5.43 Å². The van der Waals surface area contributed by atoms with Crippen molar-refractivity contribution in [3.63, 3.8) is 0 Å². The summed E-state index contributed by atoms with van der Waals surface area (Å²) in [5.41, 5.74) is 4.04. The van der Waals surface area contributed by atoms with Gasteiger partial charge < -0.3 is 14.8 Å². The maximum absolute atomic E-state index is 12.1. The number of hydrazone groups is 1. The van der Waals surface area contributed by atoms with Gasteiger partial charge in [0.05, 0.1) is 32.6 Å². The molecule has 0 spiro atoms. The van der Waals surface area contributed by atoms with E-state index in [1.807, 2.05) is 0 Å². The summed E-state index contributed by atoms with van der Waals surface area (Å²) in [4.78, 5) is 24.2. The van der Waals surface area contributed by atoms with Crippen LogP contribution in [0.4, 0.5) is 5.69 Å². The van der Waals surface area contributed by atoms with Crippen LogP contribution in [-0.4, -0.2) is 25.1 Å². The summed E-state index contributed by atoms with van der Waals surface area (Å²) in [6, 6.07) is 13.5. The summed E-state index contributed by atoms with van der Waals surface area (Å²) in [7, 11) is 1.51. The Labute approximate surface area is 241 Å². The van der Waals surface area contributed by atoms with Crippen molar-refractivity contribution in [3.05, 3.63) is 83.3 Å². The molecular formula is C24H18Cl4IN3O4. The lowest BCUT2D eigenvalue weighted by Gasteiger charge is -2.14. The molecule has 3 aromatic rings. The maximum atomic E-state index is 12.1. The predicted octanol–water partition coefficient (Wildman–Crippen LogP) is 6.97. The van der Waals surface area contributed by atoms with Crippen molar-refractivity contribution in [2.45, 2.75) is 13.0 Å². The van der Waals surface area contributed by atoms with Crippen LogP contribution >= 0.6 is 69.0 Å². The Morgan fingerprint density at radius 2 is 1.81 bits per heavy atom. The molecule has 0 bridgehead atoms. The molecule has 3 rings (SSSR count). The number of carbonyl (C=O) groups is 2. The number of nitrogens with one attached hydrogen (secondary N) is 2. The first-order chi connectivity index (χ1) is 17.2. The number of nitrogens with zero attached hydrogens (tertiary/aromatic N) is 1. The number of anilines is 1. The fourth-order valence-corrected chi connectivity index (χ4v) is 4.49. The normalized spacial score (nSPS) is 10.8. The lowest BCUT2D eigenvalue weighted by molar-refractivity contribution is -0.126. The highest BCUT2D eigenvalue weighted by Gasteiger charge is 2.14. The number of halogens is 5. The third-order valence-corrected chi connectivity index (χ3v) is 6.80. The average Bonchev–Trinajstić information content (AvgIpc) is 2.82. The molecule has 0 heterocycles. The van der Waals surface area contributed by atoms with Gasteiger partial charge in [0.2, 0.25) is 11.8 Å².